The highest BCUT2D eigenvalue weighted by Gasteiger charge is 2.32. The number of hydrogen-bond donors (Lipinski definition) is 1. The number of carbonyl (C=O) groups is 3. The molecular weight excluding hydrogens is 572 g/mol. The summed E-state index contributed by atoms with van der Waals surface area (Å²) in [7, 11) is 3.39. The molecule has 2 aromatic rings. The summed E-state index contributed by atoms with van der Waals surface area (Å²) < 4.78 is 16.9. The zero-order valence-corrected chi connectivity index (χ0v) is 27.9. The molecule has 10 heteroatoms. The fourth-order valence-corrected chi connectivity index (χ4v) is 6.03. The first-order valence-electron chi connectivity index (χ1n) is 16.0. The van der Waals surface area contributed by atoms with Crippen molar-refractivity contribution in [3.05, 3.63) is 59.2 Å². The second-order valence-corrected chi connectivity index (χ2v) is 13.3. The number of rotatable bonds is 8. The predicted molar refractivity (Wildman–Crippen MR) is 174 cm³/mol. The summed E-state index contributed by atoms with van der Waals surface area (Å²) in [6.07, 6.45) is 2.49. The summed E-state index contributed by atoms with van der Waals surface area (Å²) in [5.41, 5.74) is 3.63. The molecule has 3 amide bonds. The van der Waals surface area contributed by atoms with Crippen LogP contribution in [-0.2, 0) is 27.4 Å². The van der Waals surface area contributed by atoms with Crippen molar-refractivity contribution in [2.75, 3.05) is 38.6 Å². The Morgan fingerprint density at radius 3 is 2.40 bits per heavy atom. The van der Waals surface area contributed by atoms with Crippen LogP contribution in [0.1, 0.15) is 70.1 Å². The van der Waals surface area contributed by atoms with E-state index in [1.54, 1.807) is 4.90 Å². The molecule has 0 radical (unpaired) electrons. The van der Waals surface area contributed by atoms with Crippen LogP contribution in [0.5, 0.6) is 5.75 Å². The molecule has 2 fully saturated rings. The van der Waals surface area contributed by atoms with Gasteiger partial charge in [0.2, 0.25) is 5.91 Å². The minimum atomic E-state index is -0.504. The number of amides is 3. The third-order valence-corrected chi connectivity index (χ3v) is 8.58. The maximum atomic E-state index is 13.5. The van der Waals surface area contributed by atoms with Crippen molar-refractivity contribution in [3.8, 4) is 5.75 Å². The van der Waals surface area contributed by atoms with Crippen LogP contribution in [-0.4, -0.2) is 79.4 Å². The first-order valence-corrected chi connectivity index (χ1v) is 16.0. The molecule has 1 aliphatic heterocycles. The van der Waals surface area contributed by atoms with E-state index in [-0.39, 0.29) is 36.7 Å². The molecule has 1 aliphatic carbocycles. The monoisotopic (exact) mass is 622 g/mol. The minimum Gasteiger partial charge on any atom is -0.490 e. The summed E-state index contributed by atoms with van der Waals surface area (Å²) in [6.45, 7) is 13.0. The van der Waals surface area contributed by atoms with Crippen LogP contribution < -0.4 is 15.0 Å². The van der Waals surface area contributed by atoms with E-state index in [2.05, 4.69) is 36.2 Å². The molecule has 4 rings (SSSR count). The number of piperazine rings is 1. The Morgan fingerprint density at radius 1 is 1.02 bits per heavy atom. The molecule has 1 N–H and O–H groups in total. The highest BCUT2D eigenvalue weighted by molar-refractivity contribution is 5.94. The molecule has 2 aromatic carbocycles. The molecule has 45 heavy (non-hydrogen) atoms. The number of carbonyl (C=O) groups excluding carboxylic acids is 3. The number of hydrogen-bond acceptors (Lipinski definition) is 7. The summed E-state index contributed by atoms with van der Waals surface area (Å²) in [4.78, 5) is 43.4. The molecule has 2 aliphatic rings. The van der Waals surface area contributed by atoms with E-state index >= 15 is 0 Å². The molecule has 10 nitrogen and oxygen atoms in total. The second kappa shape index (κ2) is 15.0. The molecule has 0 unspecified atom stereocenters. The van der Waals surface area contributed by atoms with Crippen LogP contribution in [0.3, 0.4) is 0 Å². The van der Waals surface area contributed by atoms with Crippen molar-refractivity contribution in [1.29, 1.82) is 0 Å². The lowest BCUT2D eigenvalue weighted by molar-refractivity contribution is -0.123. The average Bonchev–Trinajstić information content (AvgIpc) is 3.00. The molecule has 0 bridgehead atoms. The van der Waals surface area contributed by atoms with E-state index in [4.69, 9.17) is 14.2 Å². The molecule has 1 heterocycles. The van der Waals surface area contributed by atoms with E-state index in [0.29, 0.717) is 6.54 Å². The summed E-state index contributed by atoms with van der Waals surface area (Å²) in [5.74, 6) is 0.848. The molecule has 1 atom stereocenters. The van der Waals surface area contributed by atoms with Gasteiger partial charge < -0.3 is 29.3 Å². The predicted octanol–water partition coefficient (Wildman–Crippen LogP) is 5.89. The average molecular weight is 623 g/mol. The highest BCUT2D eigenvalue weighted by Crippen LogP contribution is 2.31. The normalized spacial score (nSPS) is 20.7. The van der Waals surface area contributed by atoms with Crippen LogP contribution in [0.2, 0.25) is 0 Å². The van der Waals surface area contributed by atoms with Gasteiger partial charge in [-0.3, -0.25) is 9.69 Å². The fourth-order valence-electron chi connectivity index (χ4n) is 6.03. The van der Waals surface area contributed by atoms with Gasteiger partial charge in [0.25, 0.3) is 0 Å². The van der Waals surface area contributed by atoms with Gasteiger partial charge in [-0.05, 0) is 101 Å². The van der Waals surface area contributed by atoms with E-state index < -0.39 is 11.7 Å². The Morgan fingerprint density at radius 2 is 1.76 bits per heavy atom. The second-order valence-electron chi connectivity index (χ2n) is 13.3. The SMILES string of the molecule is CNC(=O)OCc1cccc(OC2CCC(C(=O)N(C)c3ccc(CN4CCN(C(=O)OC(C)(C)C)[C@@H](C)C4)c(C)c3)CC2)c1. The Balaban J connectivity index is 1.25. The lowest BCUT2D eigenvalue weighted by Crippen LogP contribution is -2.54. The molecule has 0 spiro atoms. The van der Waals surface area contributed by atoms with Crippen molar-refractivity contribution in [1.82, 2.24) is 15.1 Å². The number of alkyl carbamates (subject to hydrolysis) is 1. The van der Waals surface area contributed by atoms with Gasteiger partial charge in [-0.1, -0.05) is 18.2 Å². The number of anilines is 1. The highest BCUT2D eigenvalue weighted by atomic mass is 16.6. The van der Waals surface area contributed by atoms with Crippen LogP contribution in [0, 0.1) is 12.8 Å². The van der Waals surface area contributed by atoms with Crippen molar-refractivity contribution in [2.45, 2.75) is 91.2 Å². The van der Waals surface area contributed by atoms with E-state index in [1.807, 2.05) is 63.1 Å². The van der Waals surface area contributed by atoms with Crippen molar-refractivity contribution < 1.29 is 28.6 Å². The third-order valence-electron chi connectivity index (χ3n) is 8.58. The van der Waals surface area contributed by atoms with Gasteiger partial charge in [0.05, 0.1) is 6.10 Å². The van der Waals surface area contributed by atoms with Gasteiger partial charge in [0.15, 0.2) is 0 Å². The van der Waals surface area contributed by atoms with Gasteiger partial charge in [-0.15, -0.1) is 0 Å². The number of aryl methyl sites for hydroxylation is 1. The van der Waals surface area contributed by atoms with Crippen molar-refractivity contribution in [2.24, 2.45) is 5.92 Å². The number of benzene rings is 2. The maximum Gasteiger partial charge on any atom is 0.410 e. The maximum absolute atomic E-state index is 13.5. The molecule has 246 valence electrons. The first kappa shape index (κ1) is 34.1. The Labute approximate surface area is 268 Å². The summed E-state index contributed by atoms with van der Waals surface area (Å²) >= 11 is 0. The Hall–Kier alpha value is -3.79. The first-order chi connectivity index (χ1) is 21.3. The minimum absolute atomic E-state index is 0.0371. The lowest BCUT2D eigenvalue weighted by atomic mass is 9.86. The van der Waals surface area contributed by atoms with E-state index in [1.165, 1.54) is 12.6 Å². The number of ether oxygens (including phenoxy) is 3. The van der Waals surface area contributed by atoms with Crippen LogP contribution in [0.25, 0.3) is 0 Å². The smallest absolute Gasteiger partial charge is 0.410 e. The van der Waals surface area contributed by atoms with Gasteiger partial charge in [-0.2, -0.15) is 0 Å². The van der Waals surface area contributed by atoms with Gasteiger partial charge in [0.1, 0.15) is 18.0 Å². The van der Waals surface area contributed by atoms with Gasteiger partial charge >= 0.3 is 12.2 Å². The van der Waals surface area contributed by atoms with Gasteiger partial charge in [-0.25, -0.2) is 9.59 Å². The largest absolute Gasteiger partial charge is 0.490 e. The van der Waals surface area contributed by atoms with Crippen LogP contribution in [0.15, 0.2) is 42.5 Å². The molecule has 0 aromatic heterocycles. The van der Waals surface area contributed by atoms with Crippen LogP contribution >= 0.6 is 0 Å². The zero-order valence-electron chi connectivity index (χ0n) is 27.9. The zero-order chi connectivity index (χ0) is 32.7. The molecular formula is C35H50N4O6. The standard InChI is InChI=1S/C35H50N4O6/c1-24-19-29(14-11-28(24)22-38-17-18-39(25(2)21-38)34(42)45-35(3,4)5)37(7)32(40)27-12-15-30(16-13-27)44-31-10-8-9-26(20-31)23-43-33(41)36-6/h8-11,14,19-20,25,27,30H,12-13,15-18,21-23H2,1-7H3,(H,36,41)/t25-,27?,30?/m0/s1. The quantitative estimate of drug-likeness (QED) is 0.392. The lowest BCUT2D eigenvalue weighted by Gasteiger charge is -2.40. The topological polar surface area (TPSA) is 101 Å². The summed E-state index contributed by atoms with van der Waals surface area (Å²) in [6, 6.07) is 13.9. The molecule has 1 saturated heterocycles. The third kappa shape index (κ3) is 9.60. The van der Waals surface area contributed by atoms with Gasteiger partial charge in [0, 0.05) is 57.9 Å². The Kier molecular flexibility index (Phi) is 11.4. The van der Waals surface area contributed by atoms with E-state index in [0.717, 1.165) is 67.9 Å². The summed E-state index contributed by atoms with van der Waals surface area (Å²) in [5, 5.41) is 2.44. The number of nitrogens with one attached hydrogen (secondary N) is 1. The molecule has 1 saturated carbocycles. The number of nitrogens with zero attached hydrogens (tertiary/aromatic N) is 3. The Bertz CT molecular complexity index is 1330. The van der Waals surface area contributed by atoms with E-state index in [9.17, 15) is 14.4 Å². The van der Waals surface area contributed by atoms with Crippen molar-refractivity contribution in [3.63, 3.8) is 0 Å². The van der Waals surface area contributed by atoms with Crippen molar-refractivity contribution >= 4 is 23.8 Å². The fraction of sp³-hybridized carbons (Fsp3) is 0.571. The van der Waals surface area contributed by atoms with Crippen LogP contribution in [0.4, 0.5) is 15.3 Å².